The molecule has 2 aliphatic heterocycles. The molecule has 0 N–H and O–H groups in total. The van der Waals surface area contributed by atoms with Crippen LogP contribution in [0.3, 0.4) is 0 Å². The standard InChI is InChI=1S/C21H26FN2O2S/c1-24(2)18-6-7-19(24)12-20(11-18)26-21(25)23(17-8-9-27-14-17)13-15-4-3-5-16(22)10-15/h3-5,8-10,14,18-20H,6-7,11-13H2,1-2H3/q+1. The van der Waals surface area contributed by atoms with Gasteiger partial charge in [-0.3, -0.25) is 4.90 Å². The lowest BCUT2D eigenvalue weighted by Gasteiger charge is -2.44. The number of quaternary nitrogens is 1. The van der Waals surface area contributed by atoms with Crippen LogP contribution < -0.4 is 4.90 Å². The van der Waals surface area contributed by atoms with Crippen LogP contribution >= 0.6 is 11.3 Å². The minimum absolute atomic E-state index is 0.0326. The van der Waals surface area contributed by atoms with Crippen LogP contribution in [0.5, 0.6) is 0 Å². The topological polar surface area (TPSA) is 29.5 Å². The van der Waals surface area contributed by atoms with E-state index in [0.717, 1.165) is 28.6 Å². The van der Waals surface area contributed by atoms with Gasteiger partial charge in [-0.05, 0) is 29.1 Å². The second-order valence-electron chi connectivity index (χ2n) is 8.19. The van der Waals surface area contributed by atoms with E-state index >= 15 is 0 Å². The van der Waals surface area contributed by atoms with E-state index in [0.29, 0.717) is 18.6 Å². The van der Waals surface area contributed by atoms with Crippen LogP contribution in [-0.4, -0.2) is 42.9 Å². The highest BCUT2D eigenvalue weighted by atomic mass is 32.1. The number of carbonyl (C=O) groups excluding carboxylic acids is 1. The summed E-state index contributed by atoms with van der Waals surface area (Å²) in [5.41, 5.74) is 1.55. The summed E-state index contributed by atoms with van der Waals surface area (Å²) in [7, 11) is 4.59. The molecular formula is C21H26FN2O2S+. The lowest BCUT2D eigenvalue weighted by Crippen LogP contribution is -2.56. The van der Waals surface area contributed by atoms with Gasteiger partial charge in [0.1, 0.15) is 11.9 Å². The van der Waals surface area contributed by atoms with Crippen molar-refractivity contribution < 1.29 is 18.4 Å². The van der Waals surface area contributed by atoms with Gasteiger partial charge in [-0.1, -0.05) is 12.1 Å². The number of anilines is 1. The summed E-state index contributed by atoms with van der Waals surface area (Å²) >= 11 is 1.53. The molecule has 0 radical (unpaired) electrons. The first-order chi connectivity index (χ1) is 12.9. The Labute approximate surface area is 163 Å². The molecule has 2 unspecified atom stereocenters. The van der Waals surface area contributed by atoms with Crippen molar-refractivity contribution in [2.24, 2.45) is 0 Å². The van der Waals surface area contributed by atoms with E-state index in [1.165, 1.54) is 36.3 Å². The minimum atomic E-state index is -0.339. The van der Waals surface area contributed by atoms with Crippen molar-refractivity contribution in [1.82, 2.24) is 0 Å². The second-order valence-corrected chi connectivity index (χ2v) is 8.97. The van der Waals surface area contributed by atoms with Crippen LogP contribution in [0, 0.1) is 5.82 Å². The summed E-state index contributed by atoms with van der Waals surface area (Å²) in [6.45, 7) is 0.300. The molecule has 144 valence electrons. The lowest BCUT2D eigenvalue weighted by molar-refractivity contribution is -0.931. The molecule has 2 bridgehead atoms. The van der Waals surface area contributed by atoms with Gasteiger partial charge in [-0.2, -0.15) is 11.3 Å². The molecule has 0 aliphatic carbocycles. The summed E-state index contributed by atoms with van der Waals surface area (Å²) in [6, 6.07) is 9.41. The summed E-state index contributed by atoms with van der Waals surface area (Å²) in [4.78, 5) is 14.6. The maximum atomic E-state index is 13.6. The van der Waals surface area contributed by atoms with Gasteiger partial charge < -0.3 is 9.22 Å². The first-order valence-corrected chi connectivity index (χ1v) is 10.5. The number of ether oxygens (including phenoxy) is 1. The van der Waals surface area contributed by atoms with E-state index in [1.807, 2.05) is 22.9 Å². The third kappa shape index (κ3) is 3.73. The molecule has 1 aromatic carbocycles. The van der Waals surface area contributed by atoms with E-state index in [4.69, 9.17) is 4.74 Å². The third-order valence-electron chi connectivity index (χ3n) is 6.32. The molecule has 2 aliphatic rings. The first-order valence-electron chi connectivity index (χ1n) is 9.51. The normalized spacial score (nSPS) is 26.0. The molecule has 4 rings (SSSR count). The molecule has 0 saturated carbocycles. The van der Waals surface area contributed by atoms with Crippen LogP contribution in [0.15, 0.2) is 41.1 Å². The van der Waals surface area contributed by atoms with E-state index in [2.05, 4.69) is 14.1 Å². The van der Waals surface area contributed by atoms with Gasteiger partial charge >= 0.3 is 6.09 Å². The van der Waals surface area contributed by atoms with Crippen molar-refractivity contribution in [1.29, 1.82) is 0 Å². The van der Waals surface area contributed by atoms with Gasteiger partial charge in [-0.15, -0.1) is 0 Å². The molecule has 2 saturated heterocycles. The highest BCUT2D eigenvalue weighted by Crippen LogP contribution is 2.40. The van der Waals surface area contributed by atoms with Gasteiger partial charge in [0, 0.05) is 31.1 Å². The summed E-state index contributed by atoms with van der Waals surface area (Å²) in [6.07, 6.45) is 3.90. The number of thiophene rings is 1. The number of hydrogen-bond donors (Lipinski definition) is 0. The van der Waals surface area contributed by atoms with Crippen molar-refractivity contribution >= 4 is 23.1 Å². The Morgan fingerprint density at radius 3 is 2.63 bits per heavy atom. The quantitative estimate of drug-likeness (QED) is 0.703. The average Bonchev–Trinajstić information content (AvgIpc) is 3.16. The second kappa shape index (κ2) is 7.24. The number of fused-ring (bicyclic) bond motifs is 2. The molecule has 6 heteroatoms. The van der Waals surface area contributed by atoms with Crippen molar-refractivity contribution in [3.05, 3.63) is 52.5 Å². The number of benzene rings is 1. The molecule has 1 amide bonds. The predicted octanol–water partition coefficient (Wildman–Crippen LogP) is 4.80. The smallest absolute Gasteiger partial charge is 0.414 e. The number of halogens is 1. The Bertz CT molecular complexity index is 792. The molecule has 2 aromatic rings. The molecule has 3 heterocycles. The van der Waals surface area contributed by atoms with Gasteiger partial charge in [0.15, 0.2) is 0 Å². The largest absolute Gasteiger partial charge is 0.445 e. The fourth-order valence-electron chi connectivity index (χ4n) is 4.62. The molecular weight excluding hydrogens is 363 g/mol. The van der Waals surface area contributed by atoms with Crippen LogP contribution in [0.4, 0.5) is 14.9 Å². The molecule has 27 heavy (non-hydrogen) atoms. The number of hydrogen-bond acceptors (Lipinski definition) is 3. The highest BCUT2D eigenvalue weighted by Gasteiger charge is 2.50. The van der Waals surface area contributed by atoms with Crippen molar-refractivity contribution in [3.8, 4) is 0 Å². The highest BCUT2D eigenvalue weighted by molar-refractivity contribution is 7.08. The van der Waals surface area contributed by atoms with Crippen molar-refractivity contribution in [2.75, 3.05) is 19.0 Å². The predicted molar refractivity (Wildman–Crippen MR) is 105 cm³/mol. The number of amides is 1. The number of carbonyl (C=O) groups is 1. The Kier molecular flexibility index (Phi) is 4.95. The van der Waals surface area contributed by atoms with Crippen LogP contribution in [0.25, 0.3) is 0 Å². The van der Waals surface area contributed by atoms with Crippen molar-refractivity contribution in [3.63, 3.8) is 0 Å². The summed E-state index contributed by atoms with van der Waals surface area (Å²) < 4.78 is 20.6. The Hall–Kier alpha value is -1.92. The maximum Gasteiger partial charge on any atom is 0.414 e. The molecule has 1 aromatic heterocycles. The fourth-order valence-corrected chi connectivity index (χ4v) is 5.26. The maximum absolute atomic E-state index is 13.6. The monoisotopic (exact) mass is 389 g/mol. The average molecular weight is 390 g/mol. The Morgan fingerprint density at radius 2 is 2.00 bits per heavy atom. The zero-order chi connectivity index (χ0) is 19.0. The lowest BCUT2D eigenvalue weighted by atomic mass is 9.98. The number of rotatable bonds is 4. The molecule has 2 fully saturated rings. The zero-order valence-corrected chi connectivity index (χ0v) is 16.6. The summed E-state index contributed by atoms with van der Waals surface area (Å²) in [5.74, 6) is -0.296. The Morgan fingerprint density at radius 1 is 1.26 bits per heavy atom. The molecule has 4 nitrogen and oxygen atoms in total. The van der Waals surface area contributed by atoms with E-state index in [1.54, 1.807) is 11.0 Å². The van der Waals surface area contributed by atoms with Crippen LogP contribution in [0.2, 0.25) is 0 Å². The zero-order valence-electron chi connectivity index (χ0n) is 15.8. The van der Waals surface area contributed by atoms with Gasteiger partial charge in [0.25, 0.3) is 0 Å². The van der Waals surface area contributed by atoms with E-state index in [-0.39, 0.29) is 18.0 Å². The van der Waals surface area contributed by atoms with Gasteiger partial charge in [0.05, 0.1) is 38.4 Å². The molecule has 0 spiro atoms. The van der Waals surface area contributed by atoms with Crippen LogP contribution in [0.1, 0.15) is 31.2 Å². The SMILES string of the molecule is C[N+]1(C)C2CCC1CC(OC(=O)N(Cc1cccc(F)c1)c1ccsc1)C2. The first kappa shape index (κ1) is 18.4. The van der Waals surface area contributed by atoms with Crippen molar-refractivity contribution in [2.45, 2.75) is 50.4 Å². The fraction of sp³-hybridized carbons (Fsp3) is 0.476. The van der Waals surface area contributed by atoms with Gasteiger partial charge in [-0.25, -0.2) is 9.18 Å². The number of piperidine rings is 1. The molecule has 2 atom stereocenters. The van der Waals surface area contributed by atoms with Gasteiger partial charge in [0.2, 0.25) is 0 Å². The Balaban J connectivity index is 1.48. The third-order valence-corrected chi connectivity index (χ3v) is 6.99. The minimum Gasteiger partial charge on any atom is -0.445 e. The van der Waals surface area contributed by atoms with E-state index < -0.39 is 0 Å². The summed E-state index contributed by atoms with van der Waals surface area (Å²) in [5, 5.41) is 3.85. The van der Waals surface area contributed by atoms with E-state index in [9.17, 15) is 9.18 Å². The number of nitrogens with zero attached hydrogens (tertiary/aromatic N) is 2. The van der Waals surface area contributed by atoms with Crippen LogP contribution in [-0.2, 0) is 11.3 Å².